The molecule has 1 aromatic carbocycles. The van der Waals surface area contributed by atoms with Gasteiger partial charge in [-0.2, -0.15) is 0 Å². The number of Topliss-reactive ketones (excluding diaryl/α,β-unsaturated/α-hetero) is 1. The van der Waals surface area contributed by atoms with Crippen molar-refractivity contribution in [2.45, 2.75) is 6.61 Å². The van der Waals surface area contributed by atoms with Crippen molar-refractivity contribution in [3.63, 3.8) is 0 Å². The van der Waals surface area contributed by atoms with Crippen molar-refractivity contribution < 1.29 is 14.6 Å². The molecule has 18 heavy (non-hydrogen) atoms. The molecule has 3 nitrogen and oxygen atoms in total. The molecule has 1 N–H and O–H groups in total. The predicted molar refractivity (Wildman–Crippen MR) is 74.2 cm³/mol. The fraction of sp³-hybridized carbons (Fsp3) is 0.154. The van der Waals surface area contributed by atoms with Crippen molar-refractivity contribution in [2.24, 2.45) is 0 Å². The van der Waals surface area contributed by atoms with E-state index in [2.05, 4.69) is 15.9 Å². The van der Waals surface area contributed by atoms with E-state index in [4.69, 9.17) is 9.84 Å². The Balaban J connectivity index is 1.97. The summed E-state index contributed by atoms with van der Waals surface area (Å²) in [4.78, 5) is 12.5. The average molecular weight is 327 g/mol. The Kier molecular flexibility index (Phi) is 4.52. The highest BCUT2D eigenvalue weighted by atomic mass is 79.9. The van der Waals surface area contributed by atoms with Gasteiger partial charge in [-0.1, -0.05) is 12.1 Å². The molecule has 0 radical (unpaired) electrons. The Hall–Kier alpha value is -1.17. The van der Waals surface area contributed by atoms with Crippen LogP contribution in [-0.4, -0.2) is 17.5 Å². The lowest BCUT2D eigenvalue weighted by Gasteiger charge is -2.05. The monoisotopic (exact) mass is 326 g/mol. The maximum atomic E-state index is 11.8. The lowest BCUT2D eigenvalue weighted by Crippen LogP contribution is -2.10. The second-order valence-electron chi connectivity index (χ2n) is 3.62. The highest BCUT2D eigenvalue weighted by molar-refractivity contribution is 9.11. The molecule has 1 heterocycles. The lowest BCUT2D eigenvalue weighted by atomic mass is 10.2. The van der Waals surface area contributed by atoms with Gasteiger partial charge in [0, 0.05) is 0 Å². The molecule has 2 rings (SSSR count). The summed E-state index contributed by atoms with van der Waals surface area (Å²) in [5, 5.41) is 8.99. The van der Waals surface area contributed by atoms with Crippen LogP contribution in [0.25, 0.3) is 0 Å². The predicted octanol–water partition coefficient (Wildman–Crippen LogP) is 3.26. The molecule has 0 aliphatic heterocycles. The van der Waals surface area contributed by atoms with E-state index in [1.807, 2.05) is 6.07 Å². The van der Waals surface area contributed by atoms with Gasteiger partial charge in [0.1, 0.15) is 5.75 Å². The molecule has 0 spiro atoms. The Bertz CT molecular complexity index is 551. The van der Waals surface area contributed by atoms with Crippen molar-refractivity contribution in [3.05, 3.63) is 50.6 Å². The summed E-state index contributed by atoms with van der Waals surface area (Å²) in [7, 11) is 0. The number of thiophene rings is 1. The molecule has 94 valence electrons. The van der Waals surface area contributed by atoms with Gasteiger partial charge in [-0.15, -0.1) is 11.3 Å². The van der Waals surface area contributed by atoms with Crippen molar-refractivity contribution in [3.8, 4) is 5.75 Å². The van der Waals surface area contributed by atoms with E-state index in [0.717, 1.165) is 9.35 Å². The number of halogens is 1. The molecule has 0 aliphatic carbocycles. The van der Waals surface area contributed by atoms with Crippen LogP contribution in [0.15, 0.2) is 40.2 Å². The summed E-state index contributed by atoms with van der Waals surface area (Å²) in [5.74, 6) is 0.533. The van der Waals surface area contributed by atoms with Gasteiger partial charge in [-0.3, -0.25) is 4.79 Å². The van der Waals surface area contributed by atoms with Crippen LogP contribution in [0.4, 0.5) is 0 Å². The van der Waals surface area contributed by atoms with E-state index in [1.54, 1.807) is 30.3 Å². The number of aliphatic hydroxyl groups is 1. The van der Waals surface area contributed by atoms with Crippen LogP contribution in [0.5, 0.6) is 5.75 Å². The van der Waals surface area contributed by atoms with E-state index in [1.165, 1.54) is 11.3 Å². The number of rotatable bonds is 5. The highest BCUT2D eigenvalue weighted by Gasteiger charge is 2.09. The SMILES string of the molecule is O=C(COc1cccc(CO)c1)c1ccc(Br)s1. The maximum Gasteiger partial charge on any atom is 0.210 e. The maximum absolute atomic E-state index is 11.8. The summed E-state index contributed by atoms with van der Waals surface area (Å²) >= 11 is 4.70. The lowest BCUT2D eigenvalue weighted by molar-refractivity contribution is 0.0925. The number of ether oxygens (including phenoxy) is 1. The summed E-state index contributed by atoms with van der Waals surface area (Å²) in [6.45, 7) is -0.0369. The average Bonchev–Trinajstić information content (AvgIpc) is 2.83. The molecular formula is C13H11BrO3S. The Morgan fingerprint density at radius 3 is 2.83 bits per heavy atom. The minimum absolute atomic E-state index is 0.00182. The zero-order chi connectivity index (χ0) is 13.0. The number of benzene rings is 1. The van der Waals surface area contributed by atoms with Gasteiger partial charge in [0.25, 0.3) is 0 Å². The molecule has 0 atom stereocenters. The quantitative estimate of drug-likeness (QED) is 0.858. The molecule has 0 unspecified atom stereocenters. The van der Waals surface area contributed by atoms with Crippen molar-refractivity contribution in [1.82, 2.24) is 0 Å². The van der Waals surface area contributed by atoms with Crippen LogP contribution in [0.1, 0.15) is 15.2 Å². The summed E-state index contributed by atoms with van der Waals surface area (Å²) in [6, 6.07) is 10.7. The van der Waals surface area contributed by atoms with E-state index < -0.39 is 0 Å². The number of carbonyl (C=O) groups excluding carboxylic acids is 1. The summed E-state index contributed by atoms with van der Waals surface area (Å²) < 4.78 is 6.33. The summed E-state index contributed by atoms with van der Waals surface area (Å²) in [6.07, 6.45) is 0. The van der Waals surface area contributed by atoms with Gasteiger partial charge in [0.2, 0.25) is 5.78 Å². The fourth-order valence-corrected chi connectivity index (χ4v) is 2.73. The molecule has 0 amide bonds. The van der Waals surface area contributed by atoms with Crippen molar-refractivity contribution in [1.29, 1.82) is 0 Å². The molecule has 5 heteroatoms. The summed E-state index contributed by atoms with van der Waals surface area (Å²) in [5.41, 5.74) is 0.763. The zero-order valence-corrected chi connectivity index (χ0v) is 11.8. The van der Waals surface area contributed by atoms with Crippen LogP contribution in [0.2, 0.25) is 0 Å². The Labute approximate surface area is 117 Å². The third kappa shape index (κ3) is 3.41. The van der Waals surface area contributed by atoms with Crippen LogP contribution in [-0.2, 0) is 6.61 Å². The second-order valence-corrected chi connectivity index (χ2v) is 6.08. The molecule has 1 aromatic heterocycles. The minimum Gasteiger partial charge on any atom is -0.485 e. The third-order valence-corrected chi connectivity index (χ3v) is 3.96. The second kappa shape index (κ2) is 6.13. The van der Waals surface area contributed by atoms with Crippen LogP contribution in [0.3, 0.4) is 0 Å². The molecular weight excluding hydrogens is 316 g/mol. The molecule has 0 saturated heterocycles. The normalized spacial score (nSPS) is 10.3. The molecule has 2 aromatic rings. The first kappa shape index (κ1) is 13.3. The van der Waals surface area contributed by atoms with Gasteiger partial charge < -0.3 is 9.84 Å². The molecule has 0 fully saturated rings. The van der Waals surface area contributed by atoms with E-state index in [-0.39, 0.29) is 19.0 Å². The van der Waals surface area contributed by atoms with E-state index >= 15 is 0 Å². The van der Waals surface area contributed by atoms with Crippen molar-refractivity contribution in [2.75, 3.05) is 6.61 Å². The minimum atomic E-state index is -0.0555. The number of hydrogen-bond donors (Lipinski definition) is 1. The topological polar surface area (TPSA) is 46.5 Å². The number of carbonyl (C=O) groups is 1. The fourth-order valence-electron chi connectivity index (χ4n) is 1.42. The number of aliphatic hydroxyl groups excluding tert-OH is 1. The zero-order valence-electron chi connectivity index (χ0n) is 9.43. The van der Waals surface area contributed by atoms with Gasteiger partial charge in [0.15, 0.2) is 6.61 Å². The van der Waals surface area contributed by atoms with Crippen LogP contribution >= 0.6 is 27.3 Å². The Morgan fingerprint density at radius 1 is 1.33 bits per heavy atom. The smallest absolute Gasteiger partial charge is 0.210 e. The highest BCUT2D eigenvalue weighted by Crippen LogP contribution is 2.22. The first-order chi connectivity index (χ1) is 8.69. The molecule has 0 saturated carbocycles. The largest absolute Gasteiger partial charge is 0.485 e. The van der Waals surface area contributed by atoms with Crippen LogP contribution in [0, 0.1) is 0 Å². The molecule has 0 bridgehead atoms. The van der Waals surface area contributed by atoms with Crippen molar-refractivity contribution >= 4 is 33.0 Å². The van der Waals surface area contributed by atoms with Gasteiger partial charge in [-0.25, -0.2) is 0 Å². The van der Waals surface area contributed by atoms with Gasteiger partial charge in [0.05, 0.1) is 15.3 Å². The van der Waals surface area contributed by atoms with Gasteiger partial charge >= 0.3 is 0 Å². The van der Waals surface area contributed by atoms with E-state index in [0.29, 0.717) is 10.6 Å². The molecule has 0 aliphatic rings. The first-order valence-electron chi connectivity index (χ1n) is 5.30. The van der Waals surface area contributed by atoms with Gasteiger partial charge in [-0.05, 0) is 45.8 Å². The number of ketones is 1. The standard InChI is InChI=1S/C13H11BrO3S/c14-13-5-4-12(18-13)11(16)8-17-10-3-1-2-9(6-10)7-15/h1-6,15H,7-8H2. The van der Waals surface area contributed by atoms with Crippen LogP contribution < -0.4 is 4.74 Å². The first-order valence-corrected chi connectivity index (χ1v) is 6.91. The van der Waals surface area contributed by atoms with E-state index in [9.17, 15) is 4.79 Å². The number of hydrogen-bond acceptors (Lipinski definition) is 4. The third-order valence-electron chi connectivity index (χ3n) is 2.30. The Morgan fingerprint density at radius 2 is 2.17 bits per heavy atom.